The smallest absolute Gasteiger partial charge is 0.134 e. The lowest BCUT2D eigenvalue weighted by atomic mass is 10.1. The molecular formula is C19H11Br2NO. The Hall–Kier alpha value is -2.09. The van der Waals surface area contributed by atoms with Crippen molar-refractivity contribution in [1.29, 1.82) is 5.26 Å². The maximum Gasteiger partial charge on any atom is 0.134 e. The fraction of sp³-hybridized carbons (Fsp3) is 0. The van der Waals surface area contributed by atoms with E-state index in [4.69, 9.17) is 4.42 Å². The summed E-state index contributed by atoms with van der Waals surface area (Å²) in [5.41, 5.74) is 2.42. The van der Waals surface area contributed by atoms with Crippen molar-refractivity contribution in [3.63, 3.8) is 0 Å². The number of nitriles is 1. The molecule has 0 saturated carbocycles. The van der Waals surface area contributed by atoms with Crippen molar-refractivity contribution < 1.29 is 4.42 Å². The second kappa shape index (κ2) is 6.99. The maximum absolute atomic E-state index is 9.39. The second-order valence-electron chi connectivity index (χ2n) is 4.89. The zero-order valence-corrected chi connectivity index (χ0v) is 15.1. The van der Waals surface area contributed by atoms with Gasteiger partial charge in [0.25, 0.3) is 0 Å². The van der Waals surface area contributed by atoms with Gasteiger partial charge in [-0.3, -0.25) is 0 Å². The van der Waals surface area contributed by atoms with Crippen LogP contribution in [0.15, 0.2) is 74.0 Å². The first kappa shape index (κ1) is 15.8. The van der Waals surface area contributed by atoms with Crippen molar-refractivity contribution in [3.8, 4) is 17.4 Å². The standard InChI is InChI=1S/C19H11Br2NO/c20-16-5-1-13(2-6-16)15(12-22)11-18-9-10-19(23-18)14-3-7-17(21)8-4-14/h1-11H/b15-11-. The third-order valence-corrected chi connectivity index (χ3v) is 4.38. The first-order valence-corrected chi connectivity index (χ1v) is 8.48. The molecule has 2 aromatic carbocycles. The molecular weight excluding hydrogens is 418 g/mol. The van der Waals surface area contributed by atoms with Gasteiger partial charge in [-0.05, 0) is 48.0 Å². The van der Waals surface area contributed by atoms with Gasteiger partial charge in [-0.1, -0.05) is 56.1 Å². The lowest BCUT2D eigenvalue weighted by Crippen LogP contribution is -1.80. The second-order valence-corrected chi connectivity index (χ2v) is 6.72. The summed E-state index contributed by atoms with van der Waals surface area (Å²) in [6.07, 6.45) is 1.76. The number of allylic oxidation sites excluding steroid dienone is 1. The fourth-order valence-corrected chi connectivity index (χ4v) is 2.68. The van der Waals surface area contributed by atoms with E-state index in [1.54, 1.807) is 6.08 Å². The van der Waals surface area contributed by atoms with Crippen LogP contribution in [0, 0.1) is 11.3 Å². The molecule has 4 heteroatoms. The highest BCUT2D eigenvalue weighted by atomic mass is 79.9. The summed E-state index contributed by atoms with van der Waals surface area (Å²) in [5.74, 6) is 1.43. The first-order chi connectivity index (χ1) is 11.2. The van der Waals surface area contributed by atoms with Gasteiger partial charge in [0.05, 0.1) is 11.6 Å². The SMILES string of the molecule is N#C/C(=C/c1ccc(-c2ccc(Br)cc2)o1)c1ccc(Br)cc1. The number of benzene rings is 2. The maximum atomic E-state index is 9.39. The van der Waals surface area contributed by atoms with Gasteiger partial charge in [0.15, 0.2) is 0 Å². The summed E-state index contributed by atoms with van der Waals surface area (Å²) in [6.45, 7) is 0. The lowest BCUT2D eigenvalue weighted by Gasteiger charge is -1.99. The Morgan fingerprint density at radius 2 is 1.48 bits per heavy atom. The van der Waals surface area contributed by atoms with Gasteiger partial charge in [-0.15, -0.1) is 0 Å². The minimum Gasteiger partial charge on any atom is -0.457 e. The average molecular weight is 429 g/mol. The molecule has 0 fully saturated rings. The predicted molar refractivity (Wildman–Crippen MR) is 99.5 cm³/mol. The Labute approximate surface area is 151 Å². The molecule has 2 nitrogen and oxygen atoms in total. The van der Waals surface area contributed by atoms with E-state index < -0.39 is 0 Å². The highest BCUT2D eigenvalue weighted by molar-refractivity contribution is 9.10. The zero-order chi connectivity index (χ0) is 16.2. The number of hydrogen-bond acceptors (Lipinski definition) is 2. The monoisotopic (exact) mass is 427 g/mol. The molecule has 3 rings (SSSR count). The third-order valence-electron chi connectivity index (χ3n) is 3.32. The molecule has 1 heterocycles. The van der Waals surface area contributed by atoms with Crippen molar-refractivity contribution in [3.05, 3.63) is 80.9 Å². The number of halogens is 2. The van der Waals surface area contributed by atoms with Gasteiger partial charge < -0.3 is 4.42 Å². The molecule has 0 saturated heterocycles. The van der Waals surface area contributed by atoms with E-state index in [0.29, 0.717) is 11.3 Å². The molecule has 0 bridgehead atoms. The molecule has 0 aliphatic heterocycles. The van der Waals surface area contributed by atoms with Crippen molar-refractivity contribution in [2.45, 2.75) is 0 Å². The number of rotatable bonds is 3. The van der Waals surface area contributed by atoms with E-state index in [9.17, 15) is 5.26 Å². The van der Waals surface area contributed by atoms with Crippen LogP contribution in [0.1, 0.15) is 11.3 Å². The van der Waals surface area contributed by atoms with Crippen molar-refractivity contribution in [1.82, 2.24) is 0 Å². The third kappa shape index (κ3) is 3.82. The molecule has 0 atom stereocenters. The zero-order valence-electron chi connectivity index (χ0n) is 12.0. The molecule has 0 unspecified atom stereocenters. The van der Waals surface area contributed by atoms with Gasteiger partial charge in [-0.25, -0.2) is 0 Å². The van der Waals surface area contributed by atoms with Crippen LogP contribution < -0.4 is 0 Å². The number of nitrogens with zero attached hydrogens (tertiary/aromatic N) is 1. The molecule has 112 valence electrons. The highest BCUT2D eigenvalue weighted by Crippen LogP contribution is 2.26. The molecule has 0 spiro atoms. The Kier molecular flexibility index (Phi) is 4.80. The molecule has 0 aliphatic carbocycles. The van der Waals surface area contributed by atoms with Crippen LogP contribution in [-0.4, -0.2) is 0 Å². The van der Waals surface area contributed by atoms with Crippen molar-refractivity contribution in [2.24, 2.45) is 0 Å². The molecule has 3 aromatic rings. The van der Waals surface area contributed by atoms with Gasteiger partial charge >= 0.3 is 0 Å². The summed E-state index contributed by atoms with van der Waals surface area (Å²) in [7, 11) is 0. The first-order valence-electron chi connectivity index (χ1n) is 6.89. The van der Waals surface area contributed by atoms with E-state index in [-0.39, 0.29) is 0 Å². The summed E-state index contributed by atoms with van der Waals surface area (Å²) in [6, 6.07) is 21.5. The van der Waals surface area contributed by atoms with E-state index in [1.807, 2.05) is 60.7 Å². The molecule has 0 amide bonds. The Morgan fingerprint density at radius 3 is 2.09 bits per heavy atom. The summed E-state index contributed by atoms with van der Waals surface area (Å²) < 4.78 is 7.84. The normalized spacial score (nSPS) is 11.3. The van der Waals surface area contributed by atoms with Crippen LogP contribution in [0.4, 0.5) is 0 Å². The van der Waals surface area contributed by atoms with Crippen LogP contribution in [-0.2, 0) is 0 Å². The molecule has 0 N–H and O–H groups in total. The van der Waals surface area contributed by atoms with E-state index in [1.165, 1.54) is 0 Å². The average Bonchev–Trinajstić information content (AvgIpc) is 3.03. The molecule has 0 radical (unpaired) electrons. The lowest BCUT2D eigenvalue weighted by molar-refractivity contribution is 0.572. The van der Waals surface area contributed by atoms with Gasteiger partial charge in [0, 0.05) is 14.5 Å². The summed E-state index contributed by atoms with van der Waals surface area (Å²) >= 11 is 6.81. The predicted octanol–water partition coefficient (Wildman–Crippen LogP) is 6.54. The van der Waals surface area contributed by atoms with Gasteiger partial charge in [0.2, 0.25) is 0 Å². The van der Waals surface area contributed by atoms with Crippen molar-refractivity contribution >= 4 is 43.5 Å². The Morgan fingerprint density at radius 1 is 0.870 bits per heavy atom. The Bertz CT molecular complexity index is 884. The van der Waals surface area contributed by atoms with Crippen molar-refractivity contribution in [2.75, 3.05) is 0 Å². The largest absolute Gasteiger partial charge is 0.457 e. The highest BCUT2D eigenvalue weighted by Gasteiger charge is 2.06. The van der Waals surface area contributed by atoms with Crippen LogP contribution in [0.3, 0.4) is 0 Å². The topological polar surface area (TPSA) is 36.9 Å². The summed E-state index contributed by atoms with van der Waals surface area (Å²) in [5, 5.41) is 9.39. The van der Waals surface area contributed by atoms with E-state index >= 15 is 0 Å². The van der Waals surface area contributed by atoms with E-state index in [2.05, 4.69) is 37.9 Å². The van der Waals surface area contributed by atoms with Gasteiger partial charge in [0.1, 0.15) is 11.5 Å². The number of furan rings is 1. The van der Waals surface area contributed by atoms with Crippen LogP contribution >= 0.6 is 31.9 Å². The Balaban J connectivity index is 1.91. The minimum absolute atomic E-state index is 0.564. The van der Waals surface area contributed by atoms with Crippen LogP contribution in [0.2, 0.25) is 0 Å². The van der Waals surface area contributed by atoms with Crippen LogP contribution in [0.5, 0.6) is 0 Å². The van der Waals surface area contributed by atoms with Gasteiger partial charge in [-0.2, -0.15) is 5.26 Å². The number of hydrogen-bond donors (Lipinski definition) is 0. The summed E-state index contributed by atoms with van der Waals surface area (Å²) in [4.78, 5) is 0. The van der Waals surface area contributed by atoms with Crippen LogP contribution in [0.25, 0.3) is 23.0 Å². The molecule has 1 aromatic heterocycles. The quantitative estimate of drug-likeness (QED) is 0.444. The molecule has 0 aliphatic rings. The molecule has 23 heavy (non-hydrogen) atoms. The minimum atomic E-state index is 0.564. The fourth-order valence-electron chi connectivity index (χ4n) is 2.15. The van der Waals surface area contributed by atoms with E-state index in [0.717, 1.165) is 25.8 Å².